The number of nitrogens with one attached hydrogen (secondary N) is 1. The normalized spacial score (nSPS) is 38.2. The van der Waals surface area contributed by atoms with Crippen LogP contribution in [0.1, 0.15) is 13.8 Å². The summed E-state index contributed by atoms with van der Waals surface area (Å²) >= 11 is 0. The highest BCUT2D eigenvalue weighted by Crippen LogP contribution is 2.23. The highest BCUT2D eigenvalue weighted by Gasteiger charge is 2.39. The van der Waals surface area contributed by atoms with E-state index >= 15 is 0 Å². The molecule has 72 valence electrons. The predicted octanol–water partition coefficient (Wildman–Crippen LogP) is -1.30. The van der Waals surface area contributed by atoms with Crippen molar-refractivity contribution in [3.63, 3.8) is 0 Å². The molecule has 1 heterocycles. The van der Waals surface area contributed by atoms with Crippen molar-refractivity contribution in [2.24, 2.45) is 5.92 Å². The van der Waals surface area contributed by atoms with Gasteiger partial charge in [0, 0.05) is 19.0 Å². The van der Waals surface area contributed by atoms with E-state index in [1.165, 1.54) is 0 Å². The quantitative estimate of drug-likeness (QED) is 0.399. The monoisotopic (exact) mass is 175 g/mol. The third kappa shape index (κ3) is 1.95. The minimum absolute atomic E-state index is 0.304. The number of hydrogen-bond acceptors (Lipinski definition) is 4. The van der Waals surface area contributed by atoms with Gasteiger partial charge in [-0.15, -0.1) is 0 Å². The average Bonchev–Trinajstić information content (AvgIpc) is 1.92. The molecule has 1 aliphatic rings. The zero-order chi connectivity index (χ0) is 9.35. The lowest BCUT2D eigenvalue weighted by Gasteiger charge is -2.39. The van der Waals surface area contributed by atoms with Crippen LogP contribution in [0.2, 0.25) is 0 Å². The lowest BCUT2D eigenvalue weighted by atomic mass is 9.81. The first-order valence-electron chi connectivity index (χ1n) is 4.22. The van der Waals surface area contributed by atoms with Gasteiger partial charge < -0.3 is 20.6 Å². The first-order chi connectivity index (χ1) is 5.43. The topological polar surface area (TPSA) is 72.7 Å². The van der Waals surface area contributed by atoms with Crippen LogP contribution in [-0.4, -0.2) is 46.2 Å². The summed E-state index contributed by atoms with van der Waals surface area (Å²) in [6.45, 7) is 4.22. The molecule has 0 aromatic rings. The second-order valence-corrected chi connectivity index (χ2v) is 3.98. The summed E-state index contributed by atoms with van der Waals surface area (Å²) in [6.07, 6.45) is -1.60. The summed E-state index contributed by atoms with van der Waals surface area (Å²) in [5.74, 6) is -0.304. The molecule has 1 saturated heterocycles. The smallest absolute Gasteiger partial charge is 0.0927 e. The first-order valence-corrected chi connectivity index (χ1v) is 4.22. The van der Waals surface area contributed by atoms with Crippen LogP contribution in [0.5, 0.6) is 0 Å². The van der Waals surface area contributed by atoms with Crippen LogP contribution >= 0.6 is 0 Å². The van der Waals surface area contributed by atoms with E-state index in [4.69, 9.17) is 0 Å². The molecule has 0 spiro atoms. The predicted molar refractivity (Wildman–Crippen MR) is 44.7 cm³/mol. The maximum Gasteiger partial charge on any atom is 0.0927 e. The number of hydrogen-bond donors (Lipinski definition) is 4. The molecule has 1 aliphatic heterocycles. The molecule has 4 heteroatoms. The molecule has 4 nitrogen and oxygen atoms in total. The van der Waals surface area contributed by atoms with Crippen molar-refractivity contribution in [2.75, 3.05) is 13.1 Å². The van der Waals surface area contributed by atoms with E-state index in [9.17, 15) is 15.3 Å². The fourth-order valence-electron chi connectivity index (χ4n) is 1.56. The van der Waals surface area contributed by atoms with E-state index in [1.807, 2.05) is 0 Å². The van der Waals surface area contributed by atoms with Crippen LogP contribution in [0, 0.1) is 5.92 Å². The molecule has 0 bridgehead atoms. The highest BCUT2D eigenvalue weighted by atomic mass is 16.3. The van der Waals surface area contributed by atoms with Gasteiger partial charge in [-0.2, -0.15) is 0 Å². The van der Waals surface area contributed by atoms with E-state index < -0.39 is 17.8 Å². The zero-order valence-corrected chi connectivity index (χ0v) is 7.49. The molecule has 0 amide bonds. The van der Waals surface area contributed by atoms with E-state index in [0.29, 0.717) is 13.1 Å². The molecular formula is C8H17NO3. The van der Waals surface area contributed by atoms with Gasteiger partial charge in [0.15, 0.2) is 0 Å². The Kier molecular flexibility index (Phi) is 2.73. The van der Waals surface area contributed by atoms with Crippen LogP contribution in [-0.2, 0) is 0 Å². The van der Waals surface area contributed by atoms with Gasteiger partial charge in [0.05, 0.1) is 17.8 Å². The Morgan fingerprint density at radius 2 is 1.83 bits per heavy atom. The van der Waals surface area contributed by atoms with Gasteiger partial charge in [-0.1, -0.05) is 0 Å². The molecule has 0 aliphatic carbocycles. The molecule has 12 heavy (non-hydrogen) atoms. The first kappa shape index (κ1) is 9.92. The number of aliphatic hydroxyl groups excluding tert-OH is 2. The van der Waals surface area contributed by atoms with Crippen LogP contribution in [0.4, 0.5) is 0 Å². The molecule has 4 N–H and O–H groups in total. The molecule has 0 aromatic heterocycles. The molecular weight excluding hydrogens is 158 g/mol. The Bertz CT molecular complexity index is 155. The minimum Gasteiger partial charge on any atom is -0.390 e. The van der Waals surface area contributed by atoms with Gasteiger partial charge in [0.2, 0.25) is 0 Å². The van der Waals surface area contributed by atoms with Crippen LogP contribution in [0.25, 0.3) is 0 Å². The summed E-state index contributed by atoms with van der Waals surface area (Å²) < 4.78 is 0. The lowest BCUT2D eigenvalue weighted by Crippen LogP contribution is -2.57. The molecule has 0 radical (unpaired) electrons. The van der Waals surface area contributed by atoms with Crippen LogP contribution in [0.3, 0.4) is 0 Å². The SMILES string of the molecule is CC(C)(O)[C@H]1CNCC(O)[C@@H]1O. The standard InChI is InChI=1S/C8H17NO3/c1-8(2,12)5-3-9-4-6(10)7(5)11/h5-7,9-12H,3-4H2,1-2H3/t5-,6?,7+/m0/s1. The van der Waals surface area contributed by atoms with E-state index in [-0.39, 0.29) is 5.92 Å². The summed E-state index contributed by atoms with van der Waals surface area (Å²) in [4.78, 5) is 0. The van der Waals surface area contributed by atoms with Crippen molar-refractivity contribution < 1.29 is 15.3 Å². The maximum absolute atomic E-state index is 9.62. The summed E-state index contributed by atoms with van der Waals surface area (Å²) in [5, 5.41) is 31.4. The van der Waals surface area contributed by atoms with Crippen molar-refractivity contribution in [1.82, 2.24) is 5.32 Å². The van der Waals surface area contributed by atoms with Gasteiger partial charge in [-0.05, 0) is 13.8 Å². The highest BCUT2D eigenvalue weighted by molar-refractivity contribution is 4.92. The van der Waals surface area contributed by atoms with Crippen molar-refractivity contribution >= 4 is 0 Å². The summed E-state index contributed by atoms with van der Waals surface area (Å²) in [7, 11) is 0. The van der Waals surface area contributed by atoms with Gasteiger partial charge >= 0.3 is 0 Å². The minimum atomic E-state index is -0.951. The Morgan fingerprint density at radius 3 is 2.25 bits per heavy atom. The molecule has 1 rings (SSSR count). The van der Waals surface area contributed by atoms with Gasteiger partial charge in [-0.25, -0.2) is 0 Å². The van der Waals surface area contributed by atoms with Gasteiger partial charge in [-0.3, -0.25) is 0 Å². The fourth-order valence-corrected chi connectivity index (χ4v) is 1.56. The Labute approximate surface area is 72.2 Å². The van der Waals surface area contributed by atoms with Crippen molar-refractivity contribution in [3.8, 4) is 0 Å². The molecule has 1 unspecified atom stereocenters. The Hall–Kier alpha value is -0.160. The Morgan fingerprint density at radius 1 is 1.25 bits per heavy atom. The zero-order valence-electron chi connectivity index (χ0n) is 7.49. The fraction of sp³-hybridized carbons (Fsp3) is 1.00. The number of aliphatic hydroxyl groups is 3. The van der Waals surface area contributed by atoms with E-state index in [0.717, 1.165) is 0 Å². The second-order valence-electron chi connectivity index (χ2n) is 3.98. The largest absolute Gasteiger partial charge is 0.390 e. The van der Waals surface area contributed by atoms with E-state index in [2.05, 4.69) is 5.32 Å². The van der Waals surface area contributed by atoms with Gasteiger partial charge in [0.25, 0.3) is 0 Å². The average molecular weight is 175 g/mol. The second kappa shape index (κ2) is 3.30. The maximum atomic E-state index is 9.62. The number of piperidine rings is 1. The molecule has 3 atom stereocenters. The van der Waals surface area contributed by atoms with Crippen molar-refractivity contribution in [1.29, 1.82) is 0 Å². The summed E-state index contributed by atoms with van der Waals surface area (Å²) in [6, 6.07) is 0. The van der Waals surface area contributed by atoms with Crippen LogP contribution < -0.4 is 5.32 Å². The molecule has 0 aromatic carbocycles. The third-order valence-corrected chi connectivity index (χ3v) is 2.43. The molecule has 1 fully saturated rings. The number of β-amino-alcohol motifs (C(OH)–C–C–N with tert-alkyl or cyclic N) is 1. The van der Waals surface area contributed by atoms with E-state index in [1.54, 1.807) is 13.8 Å². The lowest BCUT2D eigenvalue weighted by molar-refractivity contribution is -0.105. The van der Waals surface area contributed by atoms with Crippen molar-refractivity contribution in [3.05, 3.63) is 0 Å². The molecule has 0 saturated carbocycles. The van der Waals surface area contributed by atoms with Crippen LogP contribution in [0.15, 0.2) is 0 Å². The Balaban J connectivity index is 2.64. The van der Waals surface area contributed by atoms with Crippen molar-refractivity contribution in [2.45, 2.75) is 31.7 Å². The third-order valence-electron chi connectivity index (χ3n) is 2.43. The summed E-state index contributed by atoms with van der Waals surface area (Å²) in [5.41, 5.74) is -0.951. The number of rotatable bonds is 1. The van der Waals surface area contributed by atoms with Gasteiger partial charge in [0.1, 0.15) is 0 Å².